The number of carbonyl (C=O) groups excluding carboxylic acids is 1. The highest BCUT2D eigenvalue weighted by atomic mass is 16.2. The third kappa shape index (κ3) is 1.87. The van der Waals surface area contributed by atoms with Gasteiger partial charge in [-0.05, 0) is 38.8 Å². The van der Waals surface area contributed by atoms with E-state index >= 15 is 0 Å². The maximum Gasteiger partial charge on any atom is 0.232 e. The highest BCUT2D eigenvalue weighted by Gasteiger charge is 2.52. The number of aromatic nitrogens is 1. The van der Waals surface area contributed by atoms with Crippen molar-refractivity contribution in [3.8, 4) is 0 Å². The minimum atomic E-state index is -0.328. The van der Waals surface area contributed by atoms with E-state index < -0.39 is 0 Å². The van der Waals surface area contributed by atoms with Crippen LogP contribution in [0.5, 0.6) is 0 Å². The van der Waals surface area contributed by atoms with Gasteiger partial charge in [0, 0.05) is 12.2 Å². The predicted octanol–water partition coefficient (Wildman–Crippen LogP) is 1.64. The molecule has 1 heterocycles. The van der Waals surface area contributed by atoms with Gasteiger partial charge in [-0.1, -0.05) is 6.07 Å². The van der Waals surface area contributed by atoms with Gasteiger partial charge in [0.1, 0.15) is 0 Å². The highest BCUT2D eigenvalue weighted by Crippen LogP contribution is 2.47. The molecule has 1 saturated carbocycles. The lowest BCUT2D eigenvalue weighted by molar-refractivity contribution is -0.124. The summed E-state index contributed by atoms with van der Waals surface area (Å²) in [4.78, 5) is 16.3. The van der Waals surface area contributed by atoms with Crippen LogP contribution in [0.3, 0.4) is 0 Å². The Kier molecular flexibility index (Phi) is 2.47. The molecule has 2 rings (SSSR count). The summed E-state index contributed by atoms with van der Waals surface area (Å²) in [7, 11) is 0. The molecule has 80 valence electrons. The molecule has 0 unspecified atom stereocenters. The molecule has 0 atom stereocenters. The van der Waals surface area contributed by atoms with Gasteiger partial charge in [-0.3, -0.25) is 9.78 Å². The Hall–Kier alpha value is -1.38. The van der Waals surface area contributed by atoms with E-state index in [-0.39, 0.29) is 17.4 Å². The quantitative estimate of drug-likeness (QED) is 0.813. The molecule has 1 amide bonds. The van der Waals surface area contributed by atoms with E-state index in [2.05, 4.69) is 10.3 Å². The van der Waals surface area contributed by atoms with Crippen LogP contribution >= 0.6 is 0 Å². The number of rotatable bonds is 3. The first kappa shape index (κ1) is 10.1. The average molecular weight is 204 g/mol. The van der Waals surface area contributed by atoms with Crippen molar-refractivity contribution >= 4 is 5.91 Å². The molecule has 0 spiro atoms. The number of nitrogens with one attached hydrogen (secondary N) is 1. The molecule has 15 heavy (non-hydrogen) atoms. The van der Waals surface area contributed by atoms with Crippen LogP contribution in [0.2, 0.25) is 0 Å². The first-order valence-electron chi connectivity index (χ1n) is 5.38. The monoisotopic (exact) mass is 204 g/mol. The van der Waals surface area contributed by atoms with Gasteiger partial charge in [0.25, 0.3) is 0 Å². The Balaban J connectivity index is 2.18. The molecule has 1 aliphatic carbocycles. The minimum absolute atomic E-state index is 0.121. The normalized spacial score (nSPS) is 17.5. The van der Waals surface area contributed by atoms with Gasteiger partial charge in [0.2, 0.25) is 5.91 Å². The summed E-state index contributed by atoms with van der Waals surface area (Å²) in [6, 6.07) is 5.94. The van der Waals surface area contributed by atoms with Crippen LogP contribution in [0.1, 0.15) is 32.4 Å². The SMILES string of the molecule is CC(C)NC(=O)C1(c2ccccn2)CC1. The number of carbonyl (C=O) groups is 1. The van der Waals surface area contributed by atoms with Crippen LogP contribution in [-0.2, 0) is 10.2 Å². The highest BCUT2D eigenvalue weighted by molar-refractivity contribution is 5.90. The van der Waals surface area contributed by atoms with Crippen LogP contribution in [0.25, 0.3) is 0 Å². The maximum atomic E-state index is 12.0. The van der Waals surface area contributed by atoms with Crippen LogP contribution in [0.4, 0.5) is 0 Å². The van der Waals surface area contributed by atoms with Crippen molar-refractivity contribution in [2.45, 2.75) is 38.1 Å². The smallest absolute Gasteiger partial charge is 0.232 e. The lowest BCUT2D eigenvalue weighted by Crippen LogP contribution is -2.39. The molecular formula is C12H16N2O. The van der Waals surface area contributed by atoms with Gasteiger partial charge in [-0.2, -0.15) is 0 Å². The Labute approximate surface area is 89.9 Å². The summed E-state index contributed by atoms with van der Waals surface area (Å²) in [5.41, 5.74) is 0.578. The van der Waals surface area contributed by atoms with E-state index in [9.17, 15) is 4.79 Å². The van der Waals surface area contributed by atoms with Crippen molar-refractivity contribution < 1.29 is 4.79 Å². The van der Waals surface area contributed by atoms with Crippen molar-refractivity contribution in [3.05, 3.63) is 30.1 Å². The largest absolute Gasteiger partial charge is 0.353 e. The molecule has 1 fully saturated rings. The zero-order valence-corrected chi connectivity index (χ0v) is 9.16. The first-order valence-corrected chi connectivity index (χ1v) is 5.38. The lowest BCUT2D eigenvalue weighted by atomic mass is 10.0. The van der Waals surface area contributed by atoms with E-state index in [0.29, 0.717) is 0 Å². The molecule has 3 heteroatoms. The minimum Gasteiger partial charge on any atom is -0.353 e. The topological polar surface area (TPSA) is 42.0 Å². The van der Waals surface area contributed by atoms with Crippen LogP contribution in [0, 0.1) is 0 Å². The van der Waals surface area contributed by atoms with Crippen molar-refractivity contribution in [2.24, 2.45) is 0 Å². The Morgan fingerprint density at radius 3 is 2.67 bits per heavy atom. The van der Waals surface area contributed by atoms with Crippen molar-refractivity contribution in [2.75, 3.05) is 0 Å². The van der Waals surface area contributed by atoms with Gasteiger partial charge in [-0.15, -0.1) is 0 Å². The lowest BCUT2D eigenvalue weighted by Gasteiger charge is -2.16. The molecule has 0 aliphatic heterocycles. The fourth-order valence-electron chi connectivity index (χ4n) is 1.77. The van der Waals surface area contributed by atoms with Crippen LogP contribution < -0.4 is 5.32 Å². The second-order valence-corrected chi connectivity index (χ2v) is 4.43. The number of hydrogen-bond acceptors (Lipinski definition) is 2. The third-order valence-electron chi connectivity index (χ3n) is 2.76. The van der Waals surface area contributed by atoms with Crippen molar-refractivity contribution in [1.82, 2.24) is 10.3 Å². The summed E-state index contributed by atoms with van der Waals surface area (Å²) < 4.78 is 0. The van der Waals surface area contributed by atoms with E-state index in [1.54, 1.807) is 6.20 Å². The van der Waals surface area contributed by atoms with E-state index in [1.807, 2.05) is 32.0 Å². The molecule has 1 aromatic rings. The Bertz CT molecular complexity index is 355. The van der Waals surface area contributed by atoms with Gasteiger partial charge in [0.05, 0.1) is 11.1 Å². The maximum absolute atomic E-state index is 12.0. The molecular weight excluding hydrogens is 188 g/mol. The summed E-state index contributed by atoms with van der Waals surface area (Å²) in [5, 5.41) is 2.97. The summed E-state index contributed by atoms with van der Waals surface area (Å²) in [6.45, 7) is 3.96. The molecule has 0 radical (unpaired) electrons. The van der Waals surface area contributed by atoms with Crippen molar-refractivity contribution in [1.29, 1.82) is 0 Å². The molecule has 0 saturated heterocycles. The third-order valence-corrected chi connectivity index (χ3v) is 2.76. The van der Waals surface area contributed by atoms with Gasteiger partial charge in [-0.25, -0.2) is 0 Å². The Morgan fingerprint density at radius 1 is 1.47 bits per heavy atom. The summed E-state index contributed by atoms with van der Waals surface area (Å²) in [5.74, 6) is 0.121. The van der Waals surface area contributed by atoms with Crippen LogP contribution in [0.15, 0.2) is 24.4 Å². The molecule has 1 aliphatic rings. The summed E-state index contributed by atoms with van der Waals surface area (Å²) in [6.07, 6.45) is 3.59. The van der Waals surface area contributed by atoms with E-state index in [0.717, 1.165) is 18.5 Å². The number of amides is 1. The van der Waals surface area contributed by atoms with Gasteiger partial charge >= 0.3 is 0 Å². The molecule has 0 aromatic carbocycles. The van der Waals surface area contributed by atoms with Gasteiger partial charge < -0.3 is 5.32 Å². The zero-order valence-electron chi connectivity index (χ0n) is 9.16. The van der Waals surface area contributed by atoms with Gasteiger partial charge in [0.15, 0.2) is 0 Å². The van der Waals surface area contributed by atoms with E-state index in [1.165, 1.54) is 0 Å². The number of hydrogen-bond donors (Lipinski definition) is 1. The second kappa shape index (κ2) is 3.65. The van der Waals surface area contributed by atoms with Crippen LogP contribution in [-0.4, -0.2) is 16.9 Å². The second-order valence-electron chi connectivity index (χ2n) is 4.43. The summed E-state index contributed by atoms with van der Waals surface area (Å²) >= 11 is 0. The number of nitrogens with zero attached hydrogens (tertiary/aromatic N) is 1. The molecule has 0 bridgehead atoms. The Morgan fingerprint density at radius 2 is 2.20 bits per heavy atom. The predicted molar refractivity (Wildman–Crippen MR) is 58.4 cm³/mol. The fraction of sp³-hybridized carbons (Fsp3) is 0.500. The first-order chi connectivity index (χ1) is 7.15. The molecule has 1 N–H and O–H groups in total. The molecule has 3 nitrogen and oxygen atoms in total. The average Bonchev–Trinajstić information content (AvgIpc) is 2.99. The molecule has 1 aromatic heterocycles. The zero-order chi connectivity index (χ0) is 10.9. The number of pyridine rings is 1. The fourth-order valence-corrected chi connectivity index (χ4v) is 1.77. The standard InChI is InChI=1S/C12H16N2O/c1-9(2)14-11(15)12(6-7-12)10-5-3-4-8-13-10/h3-5,8-9H,6-7H2,1-2H3,(H,14,15). The van der Waals surface area contributed by atoms with Crippen molar-refractivity contribution in [3.63, 3.8) is 0 Å². The van der Waals surface area contributed by atoms with E-state index in [4.69, 9.17) is 0 Å².